The Hall–Kier alpha value is -2.44. The number of benzene rings is 1. The molecule has 1 rings (SSSR count). The summed E-state index contributed by atoms with van der Waals surface area (Å²) in [5.41, 5.74) is -0.183. The molecule has 0 atom stereocenters. The number of hydrogen-bond donors (Lipinski definition) is 1. The van der Waals surface area contributed by atoms with Crippen molar-refractivity contribution in [3.63, 3.8) is 0 Å². The van der Waals surface area contributed by atoms with Crippen LogP contribution in [-0.2, 0) is 9.47 Å². The van der Waals surface area contributed by atoms with Crippen molar-refractivity contribution in [2.75, 3.05) is 27.4 Å². The maximum atomic E-state index is 11.6. The van der Waals surface area contributed by atoms with E-state index < -0.39 is 17.7 Å². The Morgan fingerprint density at radius 1 is 1.17 bits per heavy atom. The number of hydrogen-bond acceptors (Lipinski definition) is 6. The predicted octanol–water partition coefficient (Wildman–Crippen LogP) is 2.78. The predicted molar refractivity (Wildman–Crippen MR) is 88.7 cm³/mol. The first kappa shape index (κ1) is 19.6. The SMILES string of the molecule is COC(=O)c1ccc(OCCCNC(=O)OC(C)(C)C)cc1OC. The number of nitrogens with one attached hydrogen (secondary N) is 1. The lowest BCUT2D eigenvalue weighted by molar-refractivity contribution is 0.0524. The summed E-state index contributed by atoms with van der Waals surface area (Å²) >= 11 is 0. The van der Waals surface area contributed by atoms with Gasteiger partial charge in [0.25, 0.3) is 0 Å². The lowest BCUT2D eigenvalue weighted by Gasteiger charge is -2.19. The average Bonchev–Trinajstić information content (AvgIpc) is 2.51. The van der Waals surface area contributed by atoms with Crippen molar-refractivity contribution < 1.29 is 28.5 Å². The molecule has 0 fully saturated rings. The van der Waals surface area contributed by atoms with Crippen molar-refractivity contribution in [1.82, 2.24) is 5.32 Å². The Bertz CT molecular complexity index is 565. The Morgan fingerprint density at radius 3 is 2.46 bits per heavy atom. The Kier molecular flexibility index (Phi) is 7.35. The molecule has 0 saturated heterocycles. The summed E-state index contributed by atoms with van der Waals surface area (Å²) in [6.07, 6.45) is 0.159. The van der Waals surface area contributed by atoms with E-state index in [4.69, 9.17) is 14.2 Å². The number of amides is 1. The Balaban J connectivity index is 2.40. The molecule has 0 heterocycles. The van der Waals surface area contributed by atoms with Crippen molar-refractivity contribution in [3.8, 4) is 11.5 Å². The van der Waals surface area contributed by atoms with Crippen molar-refractivity contribution in [2.24, 2.45) is 0 Å². The molecule has 134 valence electrons. The Labute approximate surface area is 142 Å². The molecule has 0 saturated carbocycles. The van der Waals surface area contributed by atoms with Crippen LogP contribution in [0.15, 0.2) is 18.2 Å². The molecule has 0 bridgehead atoms. The number of carbonyl (C=O) groups excluding carboxylic acids is 2. The van der Waals surface area contributed by atoms with E-state index in [0.717, 1.165) is 0 Å². The molecular weight excluding hydrogens is 314 g/mol. The topological polar surface area (TPSA) is 83.1 Å². The number of esters is 1. The summed E-state index contributed by atoms with van der Waals surface area (Å²) in [7, 11) is 2.78. The van der Waals surface area contributed by atoms with E-state index in [0.29, 0.717) is 36.6 Å². The van der Waals surface area contributed by atoms with E-state index >= 15 is 0 Å². The van der Waals surface area contributed by atoms with Gasteiger partial charge in [0.05, 0.1) is 20.8 Å². The number of rotatable bonds is 7. The monoisotopic (exact) mass is 339 g/mol. The van der Waals surface area contributed by atoms with Crippen molar-refractivity contribution in [3.05, 3.63) is 23.8 Å². The molecule has 0 aliphatic rings. The van der Waals surface area contributed by atoms with Crippen molar-refractivity contribution in [2.45, 2.75) is 32.8 Å². The molecule has 7 nitrogen and oxygen atoms in total. The fourth-order valence-corrected chi connectivity index (χ4v) is 1.81. The highest BCUT2D eigenvalue weighted by Crippen LogP contribution is 2.25. The molecule has 1 amide bonds. The standard InChI is InChI=1S/C17H25NO6/c1-17(2,3)24-16(20)18-9-6-10-23-12-7-8-13(15(19)22-5)14(11-12)21-4/h7-8,11H,6,9-10H2,1-5H3,(H,18,20). The number of ether oxygens (including phenoxy) is 4. The minimum atomic E-state index is -0.515. The van der Waals surface area contributed by atoms with E-state index in [1.54, 1.807) is 39.0 Å². The van der Waals surface area contributed by atoms with E-state index in [2.05, 4.69) is 10.1 Å². The summed E-state index contributed by atoms with van der Waals surface area (Å²) in [5.74, 6) is 0.475. The minimum absolute atomic E-state index is 0.332. The van der Waals surface area contributed by atoms with Crippen molar-refractivity contribution in [1.29, 1.82) is 0 Å². The third-order valence-corrected chi connectivity index (χ3v) is 2.84. The van der Waals surface area contributed by atoms with E-state index in [-0.39, 0.29) is 0 Å². The van der Waals surface area contributed by atoms with Gasteiger partial charge < -0.3 is 24.3 Å². The molecule has 0 unspecified atom stereocenters. The first-order valence-electron chi connectivity index (χ1n) is 7.63. The normalized spacial score (nSPS) is 10.7. The van der Waals surface area contributed by atoms with Gasteiger partial charge in [-0.15, -0.1) is 0 Å². The fraction of sp³-hybridized carbons (Fsp3) is 0.529. The summed E-state index contributed by atoms with van der Waals surface area (Å²) in [6, 6.07) is 4.86. The smallest absolute Gasteiger partial charge is 0.407 e. The van der Waals surface area contributed by atoms with Crippen LogP contribution in [0.2, 0.25) is 0 Å². The molecule has 7 heteroatoms. The van der Waals surface area contributed by atoms with E-state index in [1.807, 2.05) is 0 Å². The van der Waals surface area contributed by atoms with Gasteiger partial charge in [-0.25, -0.2) is 9.59 Å². The second-order valence-electron chi connectivity index (χ2n) is 5.98. The van der Waals surface area contributed by atoms with Gasteiger partial charge in [0, 0.05) is 12.6 Å². The van der Waals surface area contributed by atoms with Crippen LogP contribution in [0.25, 0.3) is 0 Å². The minimum Gasteiger partial charge on any atom is -0.496 e. The second-order valence-corrected chi connectivity index (χ2v) is 5.98. The largest absolute Gasteiger partial charge is 0.496 e. The lowest BCUT2D eigenvalue weighted by atomic mass is 10.2. The van der Waals surface area contributed by atoms with Crippen LogP contribution in [0, 0.1) is 0 Å². The van der Waals surface area contributed by atoms with Gasteiger partial charge in [-0.3, -0.25) is 0 Å². The van der Waals surface area contributed by atoms with E-state index in [1.165, 1.54) is 14.2 Å². The van der Waals surface area contributed by atoms with Crippen LogP contribution in [-0.4, -0.2) is 45.0 Å². The third-order valence-electron chi connectivity index (χ3n) is 2.84. The molecule has 1 aromatic rings. The number of carbonyl (C=O) groups is 2. The highest BCUT2D eigenvalue weighted by atomic mass is 16.6. The lowest BCUT2D eigenvalue weighted by Crippen LogP contribution is -2.33. The van der Waals surface area contributed by atoms with Crippen LogP contribution in [0.1, 0.15) is 37.6 Å². The number of alkyl carbamates (subject to hydrolysis) is 1. The average molecular weight is 339 g/mol. The van der Waals surface area contributed by atoms with Gasteiger partial charge in [0.1, 0.15) is 22.7 Å². The summed E-state index contributed by atoms with van der Waals surface area (Å²) < 4.78 is 20.5. The fourth-order valence-electron chi connectivity index (χ4n) is 1.81. The van der Waals surface area contributed by atoms with Crippen LogP contribution in [0.3, 0.4) is 0 Å². The second kappa shape index (κ2) is 9.00. The van der Waals surface area contributed by atoms with Crippen LogP contribution in [0.4, 0.5) is 4.79 Å². The summed E-state index contributed by atoms with van der Waals surface area (Å²) in [6.45, 7) is 6.26. The van der Waals surface area contributed by atoms with Gasteiger partial charge in [-0.1, -0.05) is 0 Å². The van der Waals surface area contributed by atoms with Crippen LogP contribution in [0.5, 0.6) is 11.5 Å². The molecular formula is C17H25NO6. The van der Waals surface area contributed by atoms with Crippen LogP contribution >= 0.6 is 0 Å². The van der Waals surface area contributed by atoms with Crippen LogP contribution < -0.4 is 14.8 Å². The van der Waals surface area contributed by atoms with Gasteiger partial charge in [0.2, 0.25) is 0 Å². The zero-order valence-corrected chi connectivity index (χ0v) is 14.8. The molecule has 0 aliphatic carbocycles. The quantitative estimate of drug-likeness (QED) is 0.607. The van der Waals surface area contributed by atoms with Gasteiger partial charge in [-0.2, -0.15) is 0 Å². The maximum absolute atomic E-state index is 11.6. The molecule has 24 heavy (non-hydrogen) atoms. The zero-order valence-electron chi connectivity index (χ0n) is 14.8. The summed E-state index contributed by atoms with van der Waals surface area (Å²) in [5, 5.41) is 2.65. The highest BCUT2D eigenvalue weighted by Gasteiger charge is 2.15. The molecule has 1 aromatic carbocycles. The van der Waals surface area contributed by atoms with Gasteiger partial charge >= 0.3 is 12.1 Å². The first-order valence-corrected chi connectivity index (χ1v) is 7.63. The maximum Gasteiger partial charge on any atom is 0.407 e. The Morgan fingerprint density at radius 2 is 1.88 bits per heavy atom. The summed E-state index contributed by atoms with van der Waals surface area (Å²) in [4.78, 5) is 23.0. The number of methoxy groups -OCH3 is 2. The van der Waals surface area contributed by atoms with Gasteiger partial charge in [-0.05, 0) is 39.3 Å². The third kappa shape index (κ3) is 6.76. The molecule has 0 radical (unpaired) electrons. The zero-order chi connectivity index (χ0) is 18.2. The first-order chi connectivity index (χ1) is 11.3. The molecule has 0 aromatic heterocycles. The molecule has 1 N–H and O–H groups in total. The molecule has 0 aliphatic heterocycles. The highest BCUT2D eigenvalue weighted by molar-refractivity contribution is 5.92. The van der Waals surface area contributed by atoms with E-state index in [9.17, 15) is 9.59 Å². The van der Waals surface area contributed by atoms with Crippen molar-refractivity contribution >= 4 is 12.1 Å². The van der Waals surface area contributed by atoms with Gasteiger partial charge in [0.15, 0.2) is 0 Å². The molecule has 0 spiro atoms.